The van der Waals surface area contributed by atoms with Gasteiger partial charge in [0.15, 0.2) is 11.0 Å². The maximum absolute atomic E-state index is 13.0. The quantitative estimate of drug-likeness (QED) is 0.861. The van der Waals surface area contributed by atoms with Gasteiger partial charge in [0.1, 0.15) is 5.82 Å². The third-order valence-electron chi connectivity index (χ3n) is 2.94. The number of carbonyl (C=O) groups excluding carboxylic acids is 1. The number of hydrogen-bond acceptors (Lipinski definition) is 4. The van der Waals surface area contributed by atoms with Gasteiger partial charge in [0, 0.05) is 19.2 Å². The minimum Gasteiger partial charge on any atom is -0.355 e. The zero-order valence-corrected chi connectivity index (χ0v) is 12.9. The van der Waals surface area contributed by atoms with Crippen LogP contribution in [0.25, 0.3) is 11.4 Å². The molecule has 1 amide bonds. The van der Waals surface area contributed by atoms with Crippen molar-refractivity contribution in [3.63, 3.8) is 0 Å². The van der Waals surface area contributed by atoms with Crippen molar-refractivity contribution in [2.75, 3.05) is 6.54 Å². The van der Waals surface area contributed by atoms with Gasteiger partial charge in [-0.1, -0.05) is 11.8 Å². The Morgan fingerprint density at radius 1 is 1.38 bits per heavy atom. The number of carbonyl (C=O) groups is 1. The minimum absolute atomic E-state index is 0.0335. The summed E-state index contributed by atoms with van der Waals surface area (Å²) in [5, 5.41) is 11.4. The molecule has 1 aromatic carbocycles. The third kappa shape index (κ3) is 3.60. The van der Waals surface area contributed by atoms with Crippen LogP contribution >= 0.6 is 11.8 Å². The molecule has 0 fully saturated rings. The maximum atomic E-state index is 13.0. The molecule has 0 unspecified atom stereocenters. The molecule has 112 valence electrons. The molecule has 0 saturated carbocycles. The lowest BCUT2D eigenvalue weighted by molar-refractivity contribution is -0.120. The highest BCUT2D eigenvalue weighted by molar-refractivity contribution is 8.00. The molecule has 1 N–H and O–H groups in total. The molecule has 2 rings (SSSR count). The van der Waals surface area contributed by atoms with E-state index in [1.54, 1.807) is 16.7 Å². The molecule has 21 heavy (non-hydrogen) atoms. The number of benzene rings is 1. The first-order valence-corrected chi connectivity index (χ1v) is 7.50. The second-order valence-corrected chi connectivity index (χ2v) is 5.83. The highest BCUT2D eigenvalue weighted by Crippen LogP contribution is 2.25. The van der Waals surface area contributed by atoms with E-state index < -0.39 is 0 Å². The van der Waals surface area contributed by atoms with Crippen molar-refractivity contribution in [2.45, 2.75) is 24.3 Å². The Kier molecular flexibility index (Phi) is 4.95. The summed E-state index contributed by atoms with van der Waals surface area (Å²) in [5.74, 6) is 0.315. The van der Waals surface area contributed by atoms with Crippen LogP contribution in [0, 0.1) is 5.82 Å². The second-order valence-electron chi connectivity index (χ2n) is 4.53. The van der Waals surface area contributed by atoms with E-state index in [1.165, 1.54) is 23.9 Å². The van der Waals surface area contributed by atoms with E-state index in [2.05, 4.69) is 15.5 Å². The first-order chi connectivity index (χ1) is 10.0. The predicted molar refractivity (Wildman–Crippen MR) is 80.4 cm³/mol. The normalized spacial score (nSPS) is 12.2. The lowest BCUT2D eigenvalue weighted by Gasteiger charge is -2.10. The molecule has 0 aliphatic carbocycles. The SMILES string of the molecule is CCNC(=O)[C@@H](C)Sc1nnc(-c2ccc(F)cc2)n1C. The van der Waals surface area contributed by atoms with E-state index in [0.29, 0.717) is 17.5 Å². The molecule has 0 radical (unpaired) electrons. The van der Waals surface area contributed by atoms with Gasteiger partial charge in [-0.25, -0.2) is 4.39 Å². The van der Waals surface area contributed by atoms with Crippen LogP contribution in [0.3, 0.4) is 0 Å². The lowest BCUT2D eigenvalue weighted by atomic mass is 10.2. The number of amides is 1. The molecule has 0 aliphatic rings. The summed E-state index contributed by atoms with van der Waals surface area (Å²) in [4.78, 5) is 11.7. The molecule has 0 saturated heterocycles. The van der Waals surface area contributed by atoms with Gasteiger partial charge in [0.2, 0.25) is 5.91 Å². The molecular formula is C14H17FN4OS. The number of halogens is 1. The average Bonchev–Trinajstić information content (AvgIpc) is 2.81. The summed E-state index contributed by atoms with van der Waals surface area (Å²) in [6.07, 6.45) is 0. The van der Waals surface area contributed by atoms with E-state index in [-0.39, 0.29) is 17.0 Å². The number of nitrogens with zero attached hydrogens (tertiary/aromatic N) is 3. The van der Waals surface area contributed by atoms with Crippen LogP contribution in [-0.4, -0.2) is 32.5 Å². The van der Waals surface area contributed by atoms with Crippen molar-refractivity contribution in [1.29, 1.82) is 0 Å². The smallest absolute Gasteiger partial charge is 0.233 e. The zero-order valence-electron chi connectivity index (χ0n) is 12.1. The van der Waals surface area contributed by atoms with Gasteiger partial charge in [0.25, 0.3) is 0 Å². The molecule has 5 nitrogen and oxygen atoms in total. The van der Waals surface area contributed by atoms with Crippen LogP contribution in [-0.2, 0) is 11.8 Å². The van der Waals surface area contributed by atoms with Crippen molar-refractivity contribution < 1.29 is 9.18 Å². The van der Waals surface area contributed by atoms with E-state index in [9.17, 15) is 9.18 Å². The van der Waals surface area contributed by atoms with Crippen LogP contribution in [0.5, 0.6) is 0 Å². The molecule has 1 atom stereocenters. The van der Waals surface area contributed by atoms with E-state index >= 15 is 0 Å². The number of hydrogen-bond donors (Lipinski definition) is 1. The van der Waals surface area contributed by atoms with Crippen molar-refractivity contribution in [3.05, 3.63) is 30.1 Å². The van der Waals surface area contributed by atoms with Gasteiger partial charge in [-0.15, -0.1) is 10.2 Å². The van der Waals surface area contributed by atoms with Gasteiger partial charge in [-0.3, -0.25) is 4.79 Å². The van der Waals surface area contributed by atoms with E-state index in [1.807, 2.05) is 20.9 Å². The zero-order chi connectivity index (χ0) is 15.4. The van der Waals surface area contributed by atoms with Crippen LogP contribution in [0.4, 0.5) is 4.39 Å². The number of nitrogens with one attached hydrogen (secondary N) is 1. The van der Waals surface area contributed by atoms with Gasteiger partial charge in [-0.2, -0.15) is 0 Å². The van der Waals surface area contributed by atoms with E-state index in [4.69, 9.17) is 0 Å². The molecule has 2 aromatic rings. The van der Waals surface area contributed by atoms with Crippen LogP contribution in [0.2, 0.25) is 0 Å². The first kappa shape index (κ1) is 15.5. The Hall–Kier alpha value is -1.89. The second kappa shape index (κ2) is 6.71. The van der Waals surface area contributed by atoms with Crippen LogP contribution in [0.1, 0.15) is 13.8 Å². The Morgan fingerprint density at radius 2 is 2.05 bits per heavy atom. The van der Waals surface area contributed by atoms with Crippen molar-refractivity contribution >= 4 is 17.7 Å². The van der Waals surface area contributed by atoms with Crippen molar-refractivity contribution in [1.82, 2.24) is 20.1 Å². The molecule has 0 aliphatic heterocycles. The summed E-state index contributed by atoms with van der Waals surface area (Å²) in [6.45, 7) is 4.30. The number of aromatic nitrogens is 3. The monoisotopic (exact) mass is 308 g/mol. The Morgan fingerprint density at radius 3 is 2.67 bits per heavy atom. The molecule has 1 heterocycles. The van der Waals surface area contributed by atoms with Crippen LogP contribution in [0.15, 0.2) is 29.4 Å². The number of thioether (sulfide) groups is 1. The Labute approximate surface area is 127 Å². The highest BCUT2D eigenvalue weighted by atomic mass is 32.2. The summed E-state index contributed by atoms with van der Waals surface area (Å²) in [5.41, 5.74) is 0.781. The fourth-order valence-electron chi connectivity index (χ4n) is 1.80. The van der Waals surface area contributed by atoms with Gasteiger partial charge in [-0.05, 0) is 38.1 Å². The molecular weight excluding hydrogens is 291 g/mol. The van der Waals surface area contributed by atoms with Gasteiger partial charge >= 0.3 is 0 Å². The fraction of sp³-hybridized carbons (Fsp3) is 0.357. The predicted octanol–water partition coefficient (Wildman–Crippen LogP) is 2.24. The van der Waals surface area contributed by atoms with Gasteiger partial charge in [0.05, 0.1) is 5.25 Å². The first-order valence-electron chi connectivity index (χ1n) is 6.62. The molecule has 1 aromatic heterocycles. The fourth-order valence-corrected chi connectivity index (χ4v) is 2.64. The number of rotatable bonds is 5. The van der Waals surface area contributed by atoms with E-state index in [0.717, 1.165) is 5.56 Å². The summed E-state index contributed by atoms with van der Waals surface area (Å²) >= 11 is 1.34. The third-order valence-corrected chi connectivity index (χ3v) is 4.07. The molecule has 7 heteroatoms. The van der Waals surface area contributed by atoms with Crippen molar-refractivity contribution in [3.8, 4) is 11.4 Å². The van der Waals surface area contributed by atoms with Crippen LogP contribution < -0.4 is 5.32 Å². The standard InChI is InChI=1S/C14H17FN4OS/c1-4-16-13(20)9(2)21-14-18-17-12(19(14)3)10-5-7-11(15)8-6-10/h5-9H,4H2,1-3H3,(H,16,20)/t9-/m1/s1. The Bertz CT molecular complexity index is 626. The summed E-state index contributed by atoms with van der Waals surface area (Å²) < 4.78 is 14.7. The van der Waals surface area contributed by atoms with Crippen molar-refractivity contribution in [2.24, 2.45) is 7.05 Å². The lowest BCUT2D eigenvalue weighted by Crippen LogP contribution is -2.30. The summed E-state index contributed by atoms with van der Waals surface area (Å²) in [7, 11) is 1.82. The maximum Gasteiger partial charge on any atom is 0.233 e. The molecule has 0 bridgehead atoms. The summed E-state index contributed by atoms with van der Waals surface area (Å²) in [6, 6.07) is 6.07. The highest BCUT2D eigenvalue weighted by Gasteiger charge is 2.18. The minimum atomic E-state index is -0.291. The largest absolute Gasteiger partial charge is 0.355 e. The molecule has 0 spiro atoms. The topological polar surface area (TPSA) is 59.8 Å². The van der Waals surface area contributed by atoms with Gasteiger partial charge < -0.3 is 9.88 Å². The Balaban J connectivity index is 2.17. The average molecular weight is 308 g/mol.